The van der Waals surface area contributed by atoms with Crippen molar-refractivity contribution in [1.29, 1.82) is 0 Å². The summed E-state index contributed by atoms with van der Waals surface area (Å²) in [5.41, 5.74) is 1.60. The van der Waals surface area contributed by atoms with Crippen molar-refractivity contribution in [2.75, 3.05) is 19.1 Å². The number of carbonyl (C=O) groups is 1. The van der Waals surface area contributed by atoms with E-state index in [4.69, 9.17) is 0 Å². The first kappa shape index (κ1) is 22.7. The maximum atomic E-state index is 13.1. The van der Waals surface area contributed by atoms with Gasteiger partial charge in [-0.25, -0.2) is 0 Å². The van der Waals surface area contributed by atoms with Crippen LogP contribution in [0.4, 0.5) is 0 Å². The number of fused-ring (bicyclic) bond motifs is 1. The second kappa shape index (κ2) is 8.81. The minimum absolute atomic E-state index is 0.00362. The van der Waals surface area contributed by atoms with E-state index in [2.05, 4.69) is 36.2 Å². The van der Waals surface area contributed by atoms with Crippen LogP contribution in [0.3, 0.4) is 0 Å². The Morgan fingerprint density at radius 1 is 1.25 bits per heavy atom. The van der Waals surface area contributed by atoms with Crippen LogP contribution >= 0.6 is 0 Å². The Kier molecular flexibility index (Phi) is 6.25. The summed E-state index contributed by atoms with van der Waals surface area (Å²) in [7, 11) is 0.538. The highest BCUT2D eigenvalue weighted by Gasteiger charge is 2.40. The Bertz CT molecular complexity index is 1120. The first-order valence-electron chi connectivity index (χ1n) is 11.2. The summed E-state index contributed by atoms with van der Waals surface area (Å²) in [6.07, 6.45) is 7.28. The lowest BCUT2D eigenvalue weighted by Gasteiger charge is -2.37. The molecule has 1 saturated carbocycles. The van der Waals surface area contributed by atoms with Crippen molar-refractivity contribution in [2.24, 2.45) is 0 Å². The molecule has 0 saturated heterocycles. The molecule has 1 amide bonds. The van der Waals surface area contributed by atoms with Crippen molar-refractivity contribution in [3.8, 4) is 5.75 Å². The minimum Gasteiger partial charge on any atom is -0.501 e. The van der Waals surface area contributed by atoms with E-state index in [-0.39, 0.29) is 17.2 Å². The number of benzene rings is 1. The molecule has 1 aliphatic heterocycles. The molecular formula is C24H31N3O4S. The van der Waals surface area contributed by atoms with Gasteiger partial charge in [-0.2, -0.15) is 4.98 Å². The van der Waals surface area contributed by atoms with Gasteiger partial charge in [0.15, 0.2) is 5.69 Å². The Morgan fingerprint density at radius 2 is 1.97 bits per heavy atom. The van der Waals surface area contributed by atoms with E-state index >= 15 is 0 Å². The minimum atomic E-state index is -1.09. The molecule has 8 heteroatoms. The summed E-state index contributed by atoms with van der Waals surface area (Å²) in [4.78, 5) is 31.4. The van der Waals surface area contributed by atoms with Crippen LogP contribution in [0.2, 0.25) is 0 Å². The van der Waals surface area contributed by atoms with Crippen molar-refractivity contribution < 1.29 is 14.1 Å². The number of aromatic hydroxyl groups is 1. The highest BCUT2D eigenvalue weighted by molar-refractivity contribution is 7.84. The fraction of sp³-hybridized carbons (Fsp3) is 0.542. The third-order valence-electron chi connectivity index (χ3n) is 7.13. The van der Waals surface area contributed by atoms with Gasteiger partial charge in [0.25, 0.3) is 5.91 Å². The molecule has 2 heterocycles. The van der Waals surface area contributed by atoms with Crippen molar-refractivity contribution in [1.82, 2.24) is 14.5 Å². The lowest BCUT2D eigenvalue weighted by atomic mass is 9.75. The second-order valence-corrected chi connectivity index (χ2v) is 10.6. The molecule has 1 aromatic heterocycles. The third kappa shape index (κ3) is 4.00. The van der Waals surface area contributed by atoms with Gasteiger partial charge >= 0.3 is 5.56 Å². The Hall–Kier alpha value is -2.48. The zero-order chi connectivity index (χ0) is 23.0. The van der Waals surface area contributed by atoms with Crippen molar-refractivity contribution in [3.05, 3.63) is 57.3 Å². The van der Waals surface area contributed by atoms with Crippen molar-refractivity contribution in [3.63, 3.8) is 0 Å². The first-order chi connectivity index (χ1) is 15.3. The Morgan fingerprint density at radius 3 is 2.62 bits per heavy atom. The summed E-state index contributed by atoms with van der Waals surface area (Å²) >= 11 is 0. The van der Waals surface area contributed by atoms with Crippen molar-refractivity contribution in [2.45, 2.75) is 63.5 Å². The topological polar surface area (TPSA) is 92.5 Å². The SMILES string of the molecule is CCc1cccc(C2(Cc3nc(=O)c(O)c4n3C[C@H](CS(C)=O)N(C)C4=O)CCCC2)c1. The van der Waals surface area contributed by atoms with Crippen LogP contribution in [-0.2, 0) is 35.6 Å². The molecule has 1 N–H and O–H groups in total. The standard InChI is InChI=1S/C24H31N3O4S/c1-4-16-8-7-9-17(12-16)24(10-5-6-11-24)13-19-25-22(29)21(28)20-23(30)26(2)18(14-27(19)20)15-32(3)31/h7-9,12,18,28H,4-6,10-11,13-15H2,1-3H3/t18-,32?/m1/s1. The van der Waals surface area contributed by atoms with Crippen LogP contribution < -0.4 is 5.56 Å². The maximum absolute atomic E-state index is 13.1. The van der Waals surface area contributed by atoms with Crippen LogP contribution in [0.5, 0.6) is 5.75 Å². The first-order valence-corrected chi connectivity index (χ1v) is 13.0. The zero-order valence-electron chi connectivity index (χ0n) is 19.0. The number of hydrogen-bond donors (Lipinski definition) is 1. The molecule has 1 aliphatic carbocycles. The molecule has 0 bridgehead atoms. The molecule has 1 aromatic carbocycles. The van der Waals surface area contributed by atoms with Crippen LogP contribution in [-0.4, -0.2) is 54.8 Å². The van der Waals surface area contributed by atoms with E-state index in [1.807, 2.05) is 0 Å². The molecule has 7 nitrogen and oxygen atoms in total. The molecule has 2 aliphatic rings. The molecular weight excluding hydrogens is 426 g/mol. The normalized spacial score (nSPS) is 20.9. The van der Waals surface area contributed by atoms with Gasteiger partial charge in [0.05, 0.1) is 6.04 Å². The number of rotatable bonds is 6. The Balaban J connectivity index is 1.82. The molecule has 1 unspecified atom stereocenters. The summed E-state index contributed by atoms with van der Waals surface area (Å²) in [5.74, 6) is -0.175. The molecule has 172 valence electrons. The molecule has 1 fully saturated rings. The predicted octanol–water partition coefficient (Wildman–Crippen LogP) is 2.40. The molecule has 0 spiro atoms. The fourth-order valence-electron chi connectivity index (χ4n) is 5.28. The van der Waals surface area contributed by atoms with Gasteiger partial charge < -0.3 is 14.6 Å². The van der Waals surface area contributed by atoms with E-state index in [9.17, 15) is 18.9 Å². The van der Waals surface area contributed by atoms with Gasteiger partial charge in [0.2, 0.25) is 5.75 Å². The molecule has 2 aromatic rings. The van der Waals surface area contributed by atoms with Gasteiger partial charge in [-0.05, 0) is 30.4 Å². The molecule has 32 heavy (non-hydrogen) atoms. The Labute approximate surface area is 190 Å². The van der Waals surface area contributed by atoms with E-state index in [1.165, 1.54) is 16.0 Å². The number of nitrogens with zero attached hydrogens (tertiary/aromatic N) is 3. The van der Waals surface area contributed by atoms with Gasteiger partial charge in [0.1, 0.15) is 5.82 Å². The van der Waals surface area contributed by atoms with E-state index < -0.39 is 28.0 Å². The number of amides is 1. The zero-order valence-corrected chi connectivity index (χ0v) is 19.8. The van der Waals surface area contributed by atoms with Crippen LogP contribution in [0.1, 0.15) is 60.0 Å². The average Bonchev–Trinajstić information content (AvgIpc) is 3.24. The molecule has 4 rings (SSSR count). The van der Waals surface area contributed by atoms with Gasteiger partial charge in [-0.15, -0.1) is 0 Å². The average molecular weight is 458 g/mol. The van der Waals surface area contributed by atoms with Crippen molar-refractivity contribution >= 4 is 16.7 Å². The van der Waals surface area contributed by atoms with E-state index in [0.29, 0.717) is 24.5 Å². The molecule has 0 radical (unpaired) electrons. The highest BCUT2D eigenvalue weighted by atomic mass is 32.2. The number of carbonyl (C=O) groups excluding carboxylic acids is 1. The number of aromatic nitrogens is 2. The highest BCUT2D eigenvalue weighted by Crippen LogP contribution is 2.44. The smallest absolute Gasteiger partial charge is 0.315 e. The van der Waals surface area contributed by atoms with Crippen LogP contribution in [0, 0.1) is 0 Å². The number of likely N-dealkylation sites (N-methyl/N-ethyl adjacent to an activating group) is 1. The lowest BCUT2D eigenvalue weighted by molar-refractivity contribution is 0.0664. The van der Waals surface area contributed by atoms with E-state index in [1.54, 1.807) is 17.9 Å². The fourth-order valence-corrected chi connectivity index (χ4v) is 6.15. The quantitative estimate of drug-likeness (QED) is 0.719. The second-order valence-electron chi connectivity index (χ2n) is 9.17. The van der Waals surface area contributed by atoms with Gasteiger partial charge in [-0.1, -0.05) is 44.0 Å². The van der Waals surface area contributed by atoms with Crippen LogP contribution in [0.15, 0.2) is 29.1 Å². The summed E-state index contributed by atoms with van der Waals surface area (Å²) < 4.78 is 13.6. The number of aryl methyl sites for hydroxylation is 1. The number of hydrogen-bond acceptors (Lipinski definition) is 5. The van der Waals surface area contributed by atoms with Gasteiger partial charge in [0, 0.05) is 48.2 Å². The summed E-state index contributed by atoms with van der Waals surface area (Å²) in [6.45, 7) is 2.50. The largest absolute Gasteiger partial charge is 0.501 e. The van der Waals surface area contributed by atoms with Gasteiger partial charge in [-0.3, -0.25) is 13.8 Å². The summed E-state index contributed by atoms with van der Waals surface area (Å²) in [5, 5.41) is 10.4. The molecule has 2 atom stereocenters. The summed E-state index contributed by atoms with van der Waals surface area (Å²) in [6, 6.07) is 8.34. The maximum Gasteiger partial charge on any atom is 0.315 e. The van der Waals surface area contributed by atoms with E-state index in [0.717, 1.165) is 32.1 Å². The lowest BCUT2D eigenvalue weighted by Crippen LogP contribution is -2.50. The van der Waals surface area contributed by atoms with Crippen LogP contribution in [0.25, 0.3) is 0 Å². The predicted molar refractivity (Wildman–Crippen MR) is 125 cm³/mol. The third-order valence-corrected chi connectivity index (χ3v) is 7.99. The monoisotopic (exact) mass is 457 g/mol.